The quantitative estimate of drug-likeness (QED) is 0.810. The normalized spacial score (nSPS) is 14.6. The van der Waals surface area contributed by atoms with E-state index in [2.05, 4.69) is 5.10 Å². The van der Waals surface area contributed by atoms with Crippen molar-refractivity contribution in [3.8, 4) is 5.69 Å². The summed E-state index contributed by atoms with van der Waals surface area (Å²) in [6.07, 6.45) is 0.687. The molecule has 1 aromatic carbocycles. The lowest BCUT2D eigenvalue weighted by Gasteiger charge is -2.08. The molecule has 0 radical (unpaired) electrons. The van der Waals surface area contributed by atoms with Crippen molar-refractivity contribution in [1.82, 2.24) is 9.78 Å². The van der Waals surface area contributed by atoms with E-state index in [1.165, 1.54) is 16.8 Å². The first-order valence-corrected chi connectivity index (χ1v) is 5.42. The molecular weight excluding hydrogens is 223 g/mol. The highest BCUT2D eigenvalue weighted by atomic mass is 19.1. The van der Waals surface area contributed by atoms with Crippen LogP contribution in [0, 0.1) is 5.82 Å². The smallest absolute Gasteiger partial charge is 0.277 e. The predicted molar refractivity (Wildman–Crippen MR) is 59.7 cm³/mol. The molecule has 2 heterocycles. The fourth-order valence-corrected chi connectivity index (χ4v) is 2.02. The Balaban J connectivity index is 2.16. The summed E-state index contributed by atoms with van der Waals surface area (Å²) in [5.41, 5.74) is 1.86. The summed E-state index contributed by atoms with van der Waals surface area (Å²) in [6.45, 7) is 0.934. The SMILES string of the molecule is O=c1c2c([nH]n1-c1cccc(F)c1)CCOC2. The molecule has 1 aliphatic heterocycles. The first kappa shape index (κ1) is 10.3. The van der Waals surface area contributed by atoms with Crippen LogP contribution in [0.1, 0.15) is 11.3 Å². The van der Waals surface area contributed by atoms with Crippen LogP contribution in [0.25, 0.3) is 5.69 Å². The zero-order valence-electron chi connectivity index (χ0n) is 9.07. The van der Waals surface area contributed by atoms with E-state index in [4.69, 9.17) is 4.74 Å². The van der Waals surface area contributed by atoms with Gasteiger partial charge in [0.2, 0.25) is 0 Å². The molecule has 2 aromatic rings. The van der Waals surface area contributed by atoms with Crippen LogP contribution < -0.4 is 5.56 Å². The molecule has 0 fully saturated rings. The lowest BCUT2D eigenvalue weighted by atomic mass is 10.2. The van der Waals surface area contributed by atoms with Crippen LogP contribution in [0.3, 0.4) is 0 Å². The van der Waals surface area contributed by atoms with Crippen molar-refractivity contribution in [3.63, 3.8) is 0 Å². The minimum absolute atomic E-state index is 0.162. The number of hydrogen-bond acceptors (Lipinski definition) is 2. The van der Waals surface area contributed by atoms with Crippen LogP contribution in [-0.2, 0) is 17.8 Å². The molecular formula is C12H11FN2O2. The van der Waals surface area contributed by atoms with Crippen LogP contribution >= 0.6 is 0 Å². The second-order valence-electron chi connectivity index (χ2n) is 3.99. The summed E-state index contributed by atoms with van der Waals surface area (Å²) in [4.78, 5) is 12.1. The van der Waals surface area contributed by atoms with Gasteiger partial charge in [-0.15, -0.1) is 0 Å². The van der Waals surface area contributed by atoms with Gasteiger partial charge in [-0.25, -0.2) is 9.07 Å². The number of aromatic amines is 1. The highest BCUT2D eigenvalue weighted by molar-refractivity contribution is 5.33. The molecule has 1 N–H and O–H groups in total. The van der Waals surface area contributed by atoms with Gasteiger partial charge < -0.3 is 4.74 Å². The number of ether oxygens (including phenoxy) is 1. The number of aromatic nitrogens is 2. The Morgan fingerprint density at radius 3 is 3.06 bits per heavy atom. The Hall–Kier alpha value is -1.88. The van der Waals surface area contributed by atoms with Crippen LogP contribution in [0.2, 0.25) is 0 Å². The highest BCUT2D eigenvalue weighted by Gasteiger charge is 2.18. The number of nitrogens with one attached hydrogen (secondary N) is 1. The summed E-state index contributed by atoms with van der Waals surface area (Å²) < 4.78 is 19.7. The molecule has 17 heavy (non-hydrogen) atoms. The van der Waals surface area contributed by atoms with E-state index in [0.717, 1.165) is 5.69 Å². The van der Waals surface area contributed by atoms with Gasteiger partial charge in [0.05, 0.1) is 24.5 Å². The number of rotatable bonds is 1. The molecule has 0 saturated carbocycles. The van der Waals surface area contributed by atoms with Crippen molar-refractivity contribution >= 4 is 0 Å². The summed E-state index contributed by atoms with van der Waals surface area (Å²) in [5.74, 6) is -0.363. The average Bonchev–Trinajstić information content (AvgIpc) is 2.68. The Morgan fingerprint density at radius 1 is 1.41 bits per heavy atom. The number of benzene rings is 1. The Kier molecular flexibility index (Phi) is 2.33. The van der Waals surface area contributed by atoms with E-state index < -0.39 is 0 Å². The third-order valence-electron chi connectivity index (χ3n) is 2.88. The fraction of sp³-hybridized carbons (Fsp3) is 0.250. The molecule has 0 aliphatic carbocycles. The van der Waals surface area contributed by atoms with Crippen molar-refractivity contribution in [1.29, 1.82) is 0 Å². The predicted octanol–water partition coefficient (Wildman–Crippen LogP) is 1.38. The van der Waals surface area contributed by atoms with Crippen molar-refractivity contribution in [2.24, 2.45) is 0 Å². The van der Waals surface area contributed by atoms with Crippen molar-refractivity contribution in [2.75, 3.05) is 6.61 Å². The van der Waals surface area contributed by atoms with Gasteiger partial charge in [-0.3, -0.25) is 9.89 Å². The summed E-state index contributed by atoms with van der Waals surface area (Å²) in [6, 6.07) is 5.94. The van der Waals surface area contributed by atoms with Crippen LogP contribution in [0.4, 0.5) is 4.39 Å². The van der Waals surface area contributed by atoms with Crippen LogP contribution in [-0.4, -0.2) is 16.4 Å². The minimum atomic E-state index is -0.363. The van der Waals surface area contributed by atoms with Gasteiger partial charge in [0.1, 0.15) is 5.82 Å². The lowest BCUT2D eigenvalue weighted by Crippen LogP contribution is -2.19. The van der Waals surface area contributed by atoms with Gasteiger partial charge in [0, 0.05) is 12.1 Å². The lowest BCUT2D eigenvalue weighted by molar-refractivity contribution is 0.109. The van der Waals surface area contributed by atoms with E-state index in [1.54, 1.807) is 12.1 Å². The third-order valence-corrected chi connectivity index (χ3v) is 2.88. The first-order valence-electron chi connectivity index (χ1n) is 5.42. The summed E-state index contributed by atoms with van der Waals surface area (Å²) in [7, 11) is 0. The number of fused-ring (bicyclic) bond motifs is 1. The van der Waals surface area contributed by atoms with Gasteiger partial charge in [-0.05, 0) is 18.2 Å². The van der Waals surface area contributed by atoms with Gasteiger partial charge in [0.15, 0.2) is 0 Å². The first-order chi connectivity index (χ1) is 8.25. The van der Waals surface area contributed by atoms with E-state index in [9.17, 15) is 9.18 Å². The minimum Gasteiger partial charge on any atom is -0.376 e. The van der Waals surface area contributed by atoms with E-state index >= 15 is 0 Å². The third kappa shape index (κ3) is 1.68. The largest absolute Gasteiger partial charge is 0.376 e. The van der Waals surface area contributed by atoms with Gasteiger partial charge >= 0.3 is 0 Å². The molecule has 1 aliphatic rings. The number of H-pyrrole nitrogens is 1. The Morgan fingerprint density at radius 2 is 2.29 bits per heavy atom. The molecule has 1 aromatic heterocycles. The Labute approximate surface area is 96.6 Å². The standard InChI is InChI=1S/C12H11FN2O2/c13-8-2-1-3-9(6-8)15-12(16)10-7-17-5-4-11(10)14-15/h1-3,6,14H,4-5,7H2. The highest BCUT2D eigenvalue weighted by Crippen LogP contribution is 2.13. The van der Waals surface area contributed by atoms with Gasteiger partial charge in [-0.1, -0.05) is 6.07 Å². The number of hydrogen-bond donors (Lipinski definition) is 1. The summed E-state index contributed by atoms with van der Waals surface area (Å²) in [5, 5.41) is 3.00. The second-order valence-corrected chi connectivity index (χ2v) is 3.99. The molecule has 3 rings (SSSR count). The van der Waals surface area contributed by atoms with Gasteiger partial charge in [0.25, 0.3) is 5.56 Å². The van der Waals surface area contributed by atoms with Crippen molar-refractivity contribution in [2.45, 2.75) is 13.0 Å². The molecule has 0 atom stereocenters. The topological polar surface area (TPSA) is 47.0 Å². The second kappa shape index (κ2) is 3.85. The van der Waals surface area contributed by atoms with Crippen molar-refractivity contribution in [3.05, 3.63) is 51.7 Å². The monoisotopic (exact) mass is 234 g/mol. The molecule has 0 spiro atoms. The zero-order valence-corrected chi connectivity index (χ0v) is 9.07. The molecule has 0 bridgehead atoms. The zero-order chi connectivity index (χ0) is 11.8. The van der Waals surface area contributed by atoms with E-state index in [1.807, 2.05) is 0 Å². The number of halogens is 1. The van der Waals surface area contributed by atoms with Crippen molar-refractivity contribution < 1.29 is 9.13 Å². The maximum atomic E-state index is 13.1. The Bertz CT molecular complexity index is 615. The van der Waals surface area contributed by atoms with Gasteiger partial charge in [-0.2, -0.15) is 0 Å². The molecule has 0 amide bonds. The molecule has 88 valence electrons. The van der Waals surface area contributed by atoms with Crippen LogP contribution in [0.15, 0.2) is 29.1 Å². The summed E-state index contributed by atoms with van der Waals surface area (Å²) >= 11 is 0. The molecule has 0 unspecified atom stereocenters. The average molecular weight is 234 g/mol. The maximum Gasteiger partial charge on any atom is 0.277 e. The maximum absolute atomic E-state index is 13.1. The number of nitrogens with zero attached hydrogens (tertiary/aromatic N) is 1. The fourth-order valence-electron chi connectivity index (χ4n) is 2.02. The van der Waals surface area contributed by atoms with E-state index in [0.29, 0.717) is 30.9 Å². The molecule has 5 heteroatoms. The van der Waals surface area contributed by atoms with E-state index in [-0.39, 0.29) is 11.4 Å². The molecule has 4 nitrogen and oxygen atoms in total. The van der Waals surface area contributed by atoms with Crippen LogP contribution in [0.5, 0.6) is 0 Å². The molecule has 0 saturated heterocycles.